The molecule has 0 spiro atoms. The maximum absolute atomic E-state index is 13.4. The molecule has 0 radical (unpaired) electrons. The standard InChI is InChI=1S/C27H26F3N5O4S2/c1-26(2)23(37)35(17-8-10-18(11-9-17)41-27(28,29)30)25(38)34(26)15-16-12-13-31-21(14-16)33-24(40)32-20-7-5-4-6-19(20)22(36)39-3/h4-14,23,37H,15H2,1-3H3,(H2,31,32,33,40). The number of ether oxygens (including phenoxy) is 1. The molecule has 1 aliphatic heterocycles. The summed E-state index contributed by atoms with van der Waals surface area (Å²) in [5, 5.41) is 17.1. The van der Waals surface area contributed by atoms with Crippen molar-refractivity contribution in [3.63, 3.8) is 0 Å². The van der Waals surface area contributed by atoms with Crippen molar-refractivity contribution in [2.45, 2.75) is 42.6 Å². The molecule has 2 heterocycles. The molecule has 14 heteroatoms. The number of aliphatic hydroxyl groups excluding tert-OH is 1. The third-order valence-corrected chi connectivity index (χ3v) is 7.29. The Kier molecular flexibility index (Phi) is 8.75. The van der Waals surface area contributed by atoms with Gasteiger partial charge in [-0.05, 0) is 91.9 Å². The van der Waals surface area contributed by atoms with Crippen LogP contribution < -0.4 is 15.5 Å². The molecule has 1 atom stereocenters. The van der Waals surface area contributed by atoms with Gasteiger partial charge < -0.3 is 25.4 Å². The second-order valence-corrected chi connectivity index (χ2v) is 11.0. The zero-order chi connectivity index (χ0) is 29.9. The van der Waals surface area contributed by atoms with E-state index in [1.54, 1.807) is 50.2 Å². The summed E-state index contributed by atoms with van der Waals surface area (Å²) >= 11 is 5.12. The molecule has 1 unspecified atom stereocenters. The molecule has 9 nitrogen and oxygen atoms in total. The van der Waals surface area contributed by atoms with E-state index < -0.39 is 29.3 Å². The zero-order valence-electron chi connectivity index (χ0n) is 22.1. The van der Waals surface area contributed by atoms with Crippen LogP contribution in [0.1, 0.15) is 29.8 Å². The van der Waals surface area contributed by atoms with Crippen molar-refractivity contribution in [2.24, 2.45) is 0 Å². The highest BCUT2D eigenvalue weighted by Crippen LogP contribution is 2.40. The Bertz CT molecular complexity index is 1450. The third-order valence-electron chi connectivity index (χ3n) is 6.34. The average molecular weight is 606 g/mol. The van der Waals surface area contributed by atoms with Crippen molar-refractivity contribution in [1.29, 1.82) is 0 Å². The number of methoxy groups -OCH3 is 1. The summed E-state index contributed by atoms with van der Waals surface area (Å²) in [4.78, 5) is 32.3. The highest BCUT2D eigenvalue weighted by Gasteiger charge is 2.51. The van der Waals surface area contributed by atoms with Gasteiger partial charge in [-0.25, -0.2) is 14.6 Å². The van der Waals surface area contributed by atoms with Crippen molar-refractivity contribution in [2.75, 3.05) is 22.6 Å². The van der Waals surface area contributed by atoms with E-state index in [1.165, 1.54) is 42.5 Å². The normalized spacial score (nSPS) is 16.5. The number of halogens is 3. The number of benzene rings is 2. The summed E-state index contributed by atoms with van der Waals surface area (Å²) in [6.07, 6.45) is 0.267. The molecule has 1 aliphatic rings. The number of amides is 2. The Labute approximate surface area is 243 Å². The van der Waals surface area contributed by atoms with Gasteiger partial charge in [0.1, 0.15) is 5.82 Å². The zero-order valence-corrected chi connectivity index (χ0v) is 23.7. The summed E-state index contributed by atoms with van der Waals surface area (Å²) < 4.78 is 42.9. The predicted molar refractivity (Wildman–Crippen MR) is 154 cm³/mol. The van der Waals surface area contributed by atoms with Crippen LogP contribution in [0.5, 0.6) is 0 Å². The summed E-state index contributed by atoms with van der Waals surface area (Å²) in [6, 6.07) is 14.8. The Morgan fingerprint density at radius 3 is 2.49 bits per heavy atom. The number of carbonyl (C=O) groups is 2. The quantitative estimate of drug-likeness (QED) is 0.174. The van der Waals surface area contributed by atoms with Gasteiger partial charge in [-0.1, -0.05) is 12.1 Å². The van der Waals surface area contributed by atoms with E-state index >= 15 is 0 Å². The minimum absolute atomic E-state index is 0.0310. The molecule has 0 bridgehead atoms. The predicted octanol–water partition coefficient (Wildman–Crippen LogP) is 5.83. The number of urea groups is 1. The maximum atomic E-state index is 13.4. The second-order valence-electron chi connectivity index (χ2n) is 9.47. The summed E-state index contributed by atoms with van der Waals surface area (Å²) in [5.74, 6) is -0.156. The van der Waals surface area contributed by atoms with Crippen LogP contribution in [0.4, 0.5) is 35.2 Å². The smallest absolute Gasteiger partial charge is 0.446 e. The first-order valence-corrected chi connectivity index (χ1v) is 13.4. The lowest BCUT2D eigenvalue weighted by molar-refractivity contribution is -0.0328. The number of hydrogen-bond acceptors (Lipinski definition) is 7. The topological polar surface area (TPSA) is 107 Å². The van der Waals surface area contributed by atoms with E-state index in [4.69, 9.17) is 17.0 Å². The lowest BCUT2D eigenvalue weighted by Crippen LogP contribution is -2.46. The van der Waals surface area contributed by atoms with E-state index in [2.05, 4.69) is 15.6 Å². The van der Waals surface area contributed by atoms with Crippen molar-refractivity contribution in [1.82, 2.24) is 9.88 Å². The van der Waals surface area contributed by atoms with Crippen LogP contribution in [0.25, 0.3) is 0 Å². The Hall–Kier alpha value is -3.88. The van der Waals surface area contributed by atoms with Gasteiger partial charge in [-0.15, -0.1) is 0 Å². The van der Waals surface area contributed by atoms with Gasteiger partial charge in [0.2, 0.25) is 0 Å². The van der Waals surface area contributed by atoms with Crippen LogP contribution in [0.15, 0.2) is 71.8 Å². The van der Waals surface area contributed by atoms with Gasteiger partial charge in [0.05, 0.1) is 23.9 Å². The Morgan fingerprint density at radius 2 is 1.83 bits per heavy atom. The number of hydrogen-bond donors (Lipinski definition) is 3. The molecule has 4 rings (SSSR count). The third kappa shape index (κ3) is 6.89. The number of pyridine rings is 1. The van der Waals surface area contributed by atoms with Crippen molar-refractivity contribution < 1.29 is 32.6 Å². The van der Waals surface area contributed by atoms with E-state index in [9.17, 15) is 27.9 Å². The van der Waals surface area contributed by atoms with Gasteiger partial charge in [0.25, 0.3) is 0 Å². The molecule has 2 amide bonds. The van der Waals surface area contributed by atoms with Crippen LogP contribution in [0, 0.1) is 0 Å². The fraction of sp³-hybridized carbons (Fsp3) is 0.259. The van der Waals surface area contributed by atoms with Gasteiger partial charge >= 0.3 is 17.5 Å². The van der Waals surface area contributed by atoms with Gasteiger partial charge in [-0.2, -0.15) is 13.2 Å². The largest absolute Gasteiger partial charge is 0.465 e. The minimum Gasteiger partial charge on any atom is -0.465 e. The van der Waals surface area contributed by atoms with E-state index in [0.29, 0.717) is 22.6 Å². The first-order chi connectivity index (χ1) is 19.3. The molecule has 1 aromatic heterocycles. The number of thiocarbonyl (C=S) groups is 1. The monoisotopic (exact) mass is 605 g/mol. The number of anilines is 3. The molecule has 0 aliphatic carbocycles. The first-order valence-electron chi connectivity index (χ1n) is 12.1. The number of thioether (sulfide) groups is 1. The summed E-state index contributed by atoms with van der Waals surface area (Å²) in [7, 11) is 1.28. The highest BCUT2D eigenvalue weighted by atomic mass is 32.2. The van der Waals surface area contributed by atoms with Crippen molar-refractivity contribution in [3.8, 4) is 0 Å². The Morgan fingerprint density at radius 1 is 1.15 bits per heavy atom. The first kappa shape index (κ1) is 30.1. The molecule has 1 fully saturated rings. The average Bonchev–Trinajstić information content (AvgIpc) is 3.07. The molecule has 3 N–H and O–H groups in total. The van der Waals surface area contributed by atoms with E-state index in [1.807, 2.05) is 0 Å². The Balaban J connectivity index is 1.47. The van der Waals surface area contributed by atoms with Crippen LogP contribution >= 0.6 is 24.0 Å². The lowest BCUT2D eigenvalue weighted by atomic mass is 10.0. The molecule has 216 valence electrons. The molecule has 0 saturated carbocycles. The number of carbonyl (C=O) groups excluding carboxylic acids is 2. The van der Waals surface area contributed by atoms with Gasteiger partial charge in [0, 0.05) is 23.3 Å². The van der Waals surface area contributed by atoms with Crippen LogP contribution in [-0.4, -0.2) is 56.5 Å². The molecule has 2 aromatic carbocycles. The lowest BCUT2D eigenvalue weighted by Gasteiger charge is -2.32. The number of para-hydroxylation sites is 1. The molecular formula is C27H26F3N5O4S2. The minimum atomic E-state index is -4.44. The van der Waals surface area contributed by atoms with E-state index in [0.717, 1.165) is 4.90 Å². The number of rotatable bonds is 7. The molecule has 3 aromatic rings. The van der Waals surface area contributed by atoms with Crippen LogP contribution in [0.3, 0.4) is 0 Å². The van der Waals surface area contributed by atoms with Crippen molar-refractivity contribution in [3.05, 3.63) is 78.0 Å². The SMILES string of the molecule is COC(=O)c1ccccc1NC(=S)Nc1cc(CN2C(=O)N(c3ccc(SC(F)(F)F)cc3)C(O)C2(C)C)ccn1. The van der Waals surface area contributed by atoms with Crippen LogP contribution in [0.2, 0.25) is 0 Å². The number of nitrogens with one attached hydrogen (secondary N) is 2. The number of alkyl halides is 3. The molecule has 1 saturated heterocycles. The maximum Gasteiger partial charge on any atom is 0.446 e. The number of nitrogens with zero attached hydrogens (tertiary/aromatic N) is 3. The van der Waals surface area contributed by atoms with E-state index in [-0.39, 0.29) is 34.0 Å². The molecule has 41 heavy (non-hydrogen) atoms. The second kappa shape index (κ2) is 11.9. The van der Waals surface area contributed by atoms with Gasteiger partial charge in [-0.3, -0.25) is 4.90 Å². The fourth-order valence-corrected chi connectivity index (χ4v) is 5.00. The highest BCUT2D eigenvalue weighted by molar-refractivity contribution is 8.00. The number of esters is 1. The molecular weight excluding hydrogens is 579 g/mol. The number of aliphatic hydroxyl groups is 1. The fourth-order valence-electron chi connectivity index (χ4n) is 4.24. The van der Waals surface area contributed by atoms with Crippen molar-refractivity contribution >= 4 is 58.3 Å². The number of aromatic nitrogens is 1. The summed E-state index contributed by atoms with van der Waals surface area (Å²) in [5.41, 5.74) is -3.79. The van der Waals surface area contributed by atoms with Gasteiger partial charge in [0.15, 0.2) is 11.3 Å². The van der Waals surface area contributed by atoms with Crippen LogP contribution in [-0.2, 0) is 11.3 Å². The summed E-state index contributed by atoms with van der Waals surface area (Å²) in [6.45, 7) is 3.49.